The largest absolute Gasteiger partial charge is 2.00 e. The van der Waals surface area contributed by atoms with Crippen molar-refractivity contribution in [3.05, 3.63) is 99.9 Å². The van der Waals surface area contributed by atoms with Crippen LogP contribution in [-0.2, 0) is 17.1 Å². The predicted octanol–water partition coefficient (Wildman–Crippen LogP) is 2.75. The molecule has 0 spiro atoms. The van der Waals surface area contributed by atoms with Gasteiger partial charge in [0.1, 0.15) is 5.75 Å². The summed E-state index contributed by atoms with van der Waals surface area (Å²) in [4.78, 5) is 0. The Balaban J connectivity index is 0.000000276. The fourth-order valence-electron chi connectivity index (χ4n) is 1.99. The van der Waals surface area contributed by atoms with E-state index in [1.807, 2.05) is 64.0 Å². The number of phenols is 1. The first-order valence-electron chi connectivity index (χ1n) is 6.93. The SMILES string of the molecule is Oc1ccc(-n2cc([C]3[CH][CH][CH][CH]3)nn2)cc1.[CH]1[CH][CH][CH][CH]1.[Fe+2]. The van der Waals surface area contributed by atoms with E-state index >= 15 is 0 Å². The molecule has 0 aliphatic heterocycles. The Morgan fingerprint density at radius 2 is 1.35 bits per heavy atom. The smallest absolute Gasteiger partial charge is 0.508 e. The zero-order valence-corrected chi connectivity index (χ0v) is 13.3. The number of nitrogens with zero attached hydrogens (tertiary/aromatic N) is 3. The van der Waals surface area contributed by atoms with Gasteiger partial charge in [0.15, 0.2) is 0 Å². The van der Waals surface area contributed by atoms with Gasteiger partial charge in [-0.05, 0) is 82.1 Å². The maximum Gasteiger partial charge on any atom is 2.00 e. The fraction of sp³-hybridized carbons (Fsp3) is 0. The number of aromatic nitrogens is 3. The van der Waals surface area contributed by atoms with Crippen molar-refractivity contribution in [3.8, 4) is 11.4 Å². The standard InChI is InChI=1S/C13H10N3O.C5H5.Fe/c17-12-7-5-11(6-8-12)16-9-13(14-15-16)10-3-1-2-4-10;1-2-4-5-3-1;/h1-9,17H;1-5H;/q;;+2. The van der Waals surface area contributed by atoms with E-state index in [-0.39, 0.29) is 22.8 Å². The van der Waals surface area contributed by atoms with Crippen molar-refractivity contribution in [2.75, 3.05) is 0 Å². The third-order valence-electron chi connectivity index (χ3n) is 3.12. The van der Waals surface area contributed by atoms with E-state index in [0.29, 0.717) is 0 Å². The molecule has 1 aromatic carbocycles. The van der Waals surface area contributed by atoms with E-state index in [4.69, 9.17) is 0 Å². The van der Waals surface area contributed by atoms with Crippen LogP contribution in [0.25, 0.3) is 5.69 Å². The average Bonchev–Trinajstić information content (AvgIpc) is 3.30. The van der Waals surface area contributed by atoms with E-state index in [2.05, 4.69) is 10.3 Å². The minimum Gasteiger partial charge on any atom is -0.508 e. The number of rotatable bonds is 2. The van der Waals surface area contributed by atoms with Crippen LogP contribution in [-0.4, -0.2) is 20.1 Å². The molecule has 2 aromatic rings. The first-order valence-corrected chi connectivity index (χ1v) is 6.93. The summed E-state index contributed by atoms with van der Waals surface area (Å²) in [6.45, 7) is 0. The Bertz CT molecular complexity index is 565. The van der Waals surface area contributed by atoms with Crippen LogP contribution in [0.4, 0.5) is 0 Å². The van der Waals surface area contributed by atoms with Crippen LogP contribution < -0.4 is 0 Å². The molecule has 5 heteroatoms. The normalized spacial score (nSPS) is 17.4. The first-order chi connectivity index (χ1) is 10.8. The van der Waals surface area contributed by atoms with Crippen molar-refractivity contribution in [2.45, 2.75) is 0 Å². The Morgan fingerprint density at radius 3 is 1.91 bits per heavy atom. The summed E-state index contributed by atoms with van der Waals surface area (Å²) in [5.74, 6) is 1.29. The topological polar surface area (TPSA) is 50.9 Å². The molecule has 4 rings (SSSR count). The molecule has 4 nitrogen and oxygen atoms in total. The number of benzene rings is 1. The third-order valence-corrected chi connectivity index (χ3v) is 3.12. The number of hydrogen-bond acceptors (Lipinski definition) is 3. The van der Waals surface area contributed by atoms with Gasteiger partial charge in [0.2, 0.25) is 0 Å². The van der Waals surface area contributed by atoms with Gasteiger partial charge in [-0.3, -0.25) is 0 Å². The molecule has 0 saturated heterocycles. The molecule has 2 aliphatic rings. The van der Waals surface area contributed by atoms with Crippen LogP contribution in [0.1, 0.15) is 5.69 Å². The molecule has 114 valence electrons. The summed E-state index contributed by atoms with van der Waals surface area (Å²) in [7, 11) is 0. The average molecular weight is 345 g/mol. The second-order valence-corrected chi connectivity index (χ2v) is 4.70. The summed E-state index contributed by atoms with van der Waals surface area (Å²) < 4.78 is 1.68. The molecule has 10 radical (unpaired) electrons. The number of phenolic OH excluding ortho intramolecular Hbond substituents is 1. The van der Waals surface area contributed by atoms with Crippen molar-refractivity contribution < 1.29 is 22.2 Å². The predicted molar refractivity (Wildman–Crippen MR) is 84.1 cm³/mol. The Hall–Kier alpha value is -1.32. The van der Waals surface area contributed by atoms with Gasteiger partial charge < -0.3 is 5.11 Å². The number of hydrogen-bond donors (Lipinski definition) is 1. The van der Waals surface area contributed by atoms with E-state index in [1.165, 1.54) is 0 Å². The van der Waals surface area contributed by atoms with Gasteiger partial charge in [0, 0.05) is 5.92 Å². The van der Waals surface area contributed by atoms with Crippen molar-refractivity contribution in [3.63, 3.8) is 0 Å². The van der Waals surface area contributed by atoms with Gasteiger partial charge in [-0.2, -0.15) is 0 Å². The molecule has 0 amide bonds. The molecule has 0 unspecified atom stereocenters. The van der Waals surface area contributed by atoms with Gasteiger partial charge >= 0.3 is 17.1 Å². The molecule has 1 aromatic heterocycles. The quantitative estimate of drug-likeness (QED) is 0.852. The van der Waals surface area contributed by atoms with Crippen LogP contribution in [0.3, 0.4) is 0 Å². The molecule has 23 heavy (non-hydrogen) atoms. The van der Waals surface area contributed by atoms with E-state index in [9.17, 15) is 5.11 Å². The van der Waals surface area contributed by atoms with Crippen LogP contribution >= 0.6 is 0 Å². The Labute approximate surface area is 148 Å². The van der Waals surface area contributed by atoms with E-state index < -0.39 is 0 Å². The second-order valence-electron chi connectivity index (χ2n) is 4.70. The van der Waals surface area contributed by atoms with Gasteiger partial charge in [0.05, 0.1) is 17.6 Å². The monoisotopic (exact) mass is 345 g/mol. The van der Waals surface area contributed by atoms with Crippen molar-refractivity contribution in [1.29, 1.82) is 0 Å². The first kappa shape index (κ1) is 18.0. The molecule has 1 N–H and O–H groups in total. The maximum atomic E-state index is 9.21. The zero-order chi connectivity index (χ0) is 15.2. The fourth-order valence-corrected chi connectivity index (χ4v) is 1.99. The Morgan fingerprint density at radius 1 is 0.783 bits per heavy atom. The van der Waals surface area contributed by atoms with Crippen LogP contribution in [0.2, 0.25) is 0 Å². The second kappa shape index (κ2) is 9.09. The molecule has 0 bridgehead atoms. The molecule has 2 fully saturated rings. The molecular formula is C18H15FeN3O+2. The zero-order valence-electron chi connectivity index (χ0n) is 12.2. The van der Waals surface area contributed by atoms with E-state index in [0.717, 1.165) is 17.3 Å². The van der Waals surface area contributed by atoms with Gasteiger partial charge in [-0.25, -0.2) is 4.68 Å². The van der Waals surface area contributed by atoms with Crippen LogP contribution in [0.5, 0.6) is 5.75 Å². The molecule has 2 saturated carbocycles. The summed E-state index contributed by atoms with van der Waals surface area (Å²) >= 11 is 0. The van der Waals surface area contributed by atoms with Crippen molar-refractivity contribution >= 4 is 0 Å². The van der Waals surface area contributed by atoms with E-state index in [1.54, 1.807) is 28.9 Å². The summed E-state index contributed by atoms with van der Waals surface area (Å²) in [6.07, 6.45) is 19.8. The van der Waals surface area contributed by atoms with Gasteiger partial charge in [-0.15, -0.1) is 5.10 Å². The van der Waals surface area contributed by atoms with Crippen LogP contribution in [0, 0.1) is 63.7 Å². The van der Waals surface area contributed by atoms with Crippen LogP contribution in [0.15, 0.2) is 30.5 Å². The summed E-state index contributed by atoms with van der Waals surface area (Å²) in [5.41, 5.74) is 1.70. The van der Waals surface area contributed by atoms with Gasteiger partial charge in [0.25, 0.3) is 0 Å². The number of aromatic hydroxyl groups is 1. The summed E-state index contributed by atoms with van der Waals surface area (Å²) in [6, 6.07) is 6.83. The molecule has 0 atom stereocenters. The Kier molecular flexibility index (Phi) is 7.13. The summed E-state index contributed by atoms with van der Waals surface area (Å²) in [5, 5.41) is 17.4. The van der Waals surface area contributed by atoms with Crippen molar-refractivity contribution in [1.82, 2.24) is 15.0 Å². The third kappa shape index (κ3) is 5.08. The molecule has 1 heterocycles. The van der Waals surface area contributed by atoms with Crippen molar-refractivity contribution in [2.24, 2.45) is 0 Å². The maximum absolute atomic E-state index is 9.21. The molecular weight excluding hydrogens is 330 g/mol. The minimum absolute atomic E-state index is 0. The minimum atomic E-state index is 0. The molecule has 2 aliphatic carbocycles. The van der Waals surface area contributed by atoms with Gasteiger partial charge in [-0.1, -0.05) is 5.21 Å².